The van der Waals surface area contributed by atoms with E-state index in [4.69, 9.17) is 0 Å². The molecule has 1 aromatic carbocycles. The van der Waals surface area contributed by atoms with Crippen LogP contribution >= 0.6 is 15.9 Å². The van der Waals surface area contributed by atoms with Gasteiger partial charge in [0.1, 0.15) is 0 Å². The van der Waals surface area contributed by atoms with Crippen molar-refractivity contribution in [2.45, 2.75) is 25.3 Å². The number of aryl methyl sites for hydroxylation is 2. The molecule has 0 aliphatic carbocycles. The second-order valence-electron chi connectivity index (χ2n) is 4.10. The summed E-state index contributed by atoms with van der Waals surface area (Å²) in [6, 6.07) is 5.15. The van der Waals surface area contributed by atoms with Gasteiger partial charge in [-0.1, -0.05) is 22.0 Å². The van der Waals surface area contributed by atoms with Crippen LogP contribution in [0.15, 0.2) is 40.0 Å². The Balaban J connectivity index is 2.34. The van der Waals surface area contributed by atoms with Crippen LogP contribution in [0.2, 0.25) is 0 Å². The summed E-state index contributed by atoms with van der Waals surface area (Å²) in [5.41, 5.74) is 1.15. The molecule has 1 aromatic heterocycles. The van der Waals surface area contributed by atoms with Gasteiger partial charge in [-0.05, 0) is 31.5 Å². The zero-order chi connectivity index (χ0) is 14.0. The second kappa shape index (κ2) is 5.34. The summed E-state index contributed by atoms with van der Waals surface area (Å²) in [5.74, 6) is 0. The van der Waals surface area contributed by atoms with E-state index in [0.29, 0.717) is 17.8 Å². The van der Waals surface area contributed by atoms with Crippen molar-refractivity contribution < 1.29 is 8.42 Å². The van der Waals surface area contributed by atoms with Crippen molar-refractivity contribution in [3.63, 3.8) is 0 Å². The molecule has 0 radical (unpaired) electrons. The molecule has 102 valence electrons. The maximum absolute atomic E-state index is 12.3. The van der Waals surface area contributed by atoms with Crippen LogP contribution < -0.4 is 4.72 Å². The summed E-state index contributed by atoms with van der Waals surface area (Å²) in [6.07, 6.45) is 3.15. The molecule has 0 saturated carbocycles. The molecular formula is C12H14BrN3O2S. The number of sulfonamides is 1. The van der Waals surface area contributed by atoms with Crippen LogP contribution in [0.5, 0.6) is 0 Å². The number of halogens is 1. The van der Waals surface area contributed by atoms with Crippen molar-refractivity contribution in [1.82, 2.24) is 9.78 Å². The van der Waals surface area contributed by atoms with E-state index in [1.54, 1.807) is 29.9 Å². The van der Waals surface area contributed by atoms with Gasteiger partial charge in [-0.2, -0.15) is 5.10 Å². The third-order valence-corrected chi connectivity index (χ3v) is 4.67. The fourth-order valence-corrected chi connectivity index (χ4v) is 3.48. The third-order valence-electron chi connectivity index (χ3n) is 2.65. The predicted molar refractivity (Wildman–Crippen MR) is 77.6 cm³/mol. The van der Waals surface area contributed by atoms with Crippen molar-refractivity contribution in [2.75, 3.05) is 4.72 Å². The summed E-state index contributed by atoms with van der Waals surface area (Å²) in [7, 11) is -3.59. The Hall–Kier alpha value is -1.34. The molecule has 0 atom stereocenters. The number of hydrogen-bond donors (Lipinski definition) is 1. The molecule has 2 rings (SSSR count). The van der Waals surface area contributed by atoms with Crippen LogP contribution in [0.3, 0.4) is 0 Å². The van der Waals surface area contributed by atoms with E-state index < -0.39 is 10.0 Å². The summed E-state index contributed by atoms with van der Waals surface area (Å²) >= 11 is 3.28. The lowest BCUT2D eigenvalue weighted by molar-refractivity contribution is 0.600. The molecule has 5 nitrogen and oxygen atoms in total. The van der Waals surface area contributed by atoms with Gasteiger partial charge in [-0.3, -0.25) is 9.40 Å². The van der Waals surface area contributed by atoms with Gasteiger partial charge >= 0.3 is 0 Å². The lowest BCUT2D eigenvalue weighted by atomic mass is 10.2. The molecular weight excluding hydrogens is 330 g/mol. The zero-order valence-corrected chi connectivity index (χ0v) is 13.0. The molecule has 0 bridgehead atoms. The van der Waals surface area contributed by atoms with Crippen molar-refractivity contribution in [3.05, 3.63) is 40.6 Å². The molecule has 0 saturated heterocycles. The lowest BCUT2D eigenvalue weighted by Gasteiger charge is -2.09. The van der Waals surface area contributed by atoms with Crippen molar-refractivity contribution in [2.24, 2.45) is 0 Å². The second-order valence-corrected chi connectivity index (χ2v) is 6.67. The fourth-order valence-electron chi connectivity index (χ4n) is 1.66. The fraction of sp³-hybridized carbons (Fsp3) is 0.250. The number of nitrogens with zero attached hydrogens (tertiary/aromatic N) is 2. The Morgan fingerprint density at radius 2 is 2.16 bits per heavy atom. The maximum Gasteiger partial charge on any atom is 0.262 e. The Morgan fingerprint density at radius 3 is 2.79 bits per heavy atom. The van der Waals surface area contributed by atoms with Gasteiger partial charge in [-0.25, -0.2) is 8.42 Å². The van der Waals surface area contributed by atoms with Crippen LogP contribution in [0.1, 0.15) is 12.5 Å². The largest absolute Gasteiger partial charge is 0.276 e. The minimum atomic E-state index is -3.59. The number of anilines is 1. The first-order chi connectivity index (χ1) is 8.92. The van der Waals surface area contributed by atoms with E-state index in [0.717, 1.165) is 4.47 Å². The SMILES string of the molecule is CCn1cc(NS(=O)(=O)c2cc(Br)ccc2C)cn1. The minimum Gasteiger partial charge on any atom is -0.276 e. The zero-order valence-electron chi connectivity index (χ0n) is 10.6. The molecule has 0 fully saturated rings. The average molecular weight is 344 g/mol. The highest BCUT2D eigenvalue weighted by atomic mass is 79.9. The van der Waals surface area contributed by atoms with Gasteiger partial charge < -0.3 is 0 Å². The number of nitrogens with one attached hydrogen (secondary N) is 1. The van der Waals surface area contributed by atoms with Gasteiger partial charge in [0.2, 0.25) is 0 Å². The highest BCUT2D eigenvalue weighted by Crippen LogP contribution is 2.22. The van der Waals surface area contributed by atoms with E-state index in [2.05, 4.69) is 25.8 Å². The maximum atomic E-state index is 12.3. The van der Waals surface area contributed by atoms with Crippen molar-refractivity contribution in [3.8, 4) is 0 Å². The number of hydrogen-bond acceptors (Lipinski definition) is 3. The first kappa shape index (κ1) is 14.1. The molecule has 7 heteroatoms. The Kier molecular flexibility index (Phi) is 3.96. The van der Waals surface area contributed by atoms with E-state index in [-0.39, 0.29) is 4.90 Å². The molecule has 1 N–H and O–H groups in total. The van der Waals surface area contributed by atoms with Crippen LogP contribution in [0, 0.1) is 6.92 Å². The first-order valence-electron chi connectivity index (χ1n) is 5.74. The van der Waals surface area contributed by atoms with E-state index >= 15 is 0 Å². The van der Waals surface area contributed by atoms with Crippen LogP contribution in [0.25, 0.3) is 0 Å². The molecule has 0 unspecified atom stereocenters. The molecule has 2 aromatic rings. The highest BCUT2D eigenvalue weighted by molar-refractivity contribution is 9.10. The van der Waals surface area contributed by atoms with Gasteiger partial charge in [0.15, 0.2) is 0 Å². The summed E-state index contributed by atoms with van der Waals surface area (Å²) in [5, 5.41) is 4.03. The smallest absolute Gasteiger partial charge is 0.262 e. The third kappa shape index (κ3) is 3.16. The first-order valence-corrected chi connectivity index (χ1v) is 8.01. The number of aromatic nitrogens is 2. The van der Waals surface area contributed by atoms with Gasteiger partial charge in [0, 0.05) is 17.2 Å². The van der Waals surface area contributed by atoms with Crippen molar-refractivity contribution in [1.29, 1.82) is 0 Å². The van der Waals surface area contributed by atoms with Crippen molar-refractivity contribution >= 4 is 31.6 Å². The molecule has 0 aliphatic heterocycles. The van der Waals surface area contributed by atoms with E-state index in [1.165, 1.54) is 6.20 Å². The normalized spacial score (nSPS) is 11.5. The van der Waals surface area contributed by atoms with Crippen LogP contribution in [0.4, 0.5) is 5.69 Å². The number of benzene rings is 1. The van der Waals surface area contributed by atoms with E-state index in [1.807, 2.05) is 13.0 Å². The lowest BCUT2D eigenvalue weighted by Crippen LogP contribution is -2.14. The predicted octanol–water partition coefficient (Wildman–Crippen LogP) is 2.77. The Morgan fingerprint density at radius 1 is 1.42 bits per heavy atom. The monoisotopic (exact) mass is 343 g/mol. The van der Waals surface area contributed by atoms with Gasteiger partial charge in [0.05, 0.1) is 16.8 Å². The summed E-state index contributed by atoms with van der Waals surface area (Å²) in [4.78, 5) is 0.256. The quantitative estimate of drug-likeness (QED) is 0.928. The Bertz CT molecular complexity index is 695. The molecule has 0 aliphatic rings. The topological polar surface area (TPSA) is 64.0 Å². The van der Waals surface area contributed by atoms with Crippen LogP contribution in [-0.2, 0) is 16.6 Å². The number of rotatable bonds is 4. The standard InChI is InChI=1S/C12H14BrN3O2S/c1-3-16-8-11(7-14-16)15-19(17,18)12-6-10(13)5-4-9(12)2/h4-8,15H,3H2,1-2H3. The van der Waals surface area contributed by atoms with Gasteiger partial charge in [0.25, 0.3) is 10.0 Å². The summed E-state index contributed by atoms with van der Waals surface area (Å²) in [6.45, 7) is 4.39. The van der Waals surface area contributed by atoms with E-state index in [9.17, 15) is 8.42 Å². The summed E-state index contributed by atoms with van der Waals surface area (Å²) < 4.78 is 29.5. The average Bonchev–Trinajstić information content (AvgIpc) is 2.79. The molecule has 1 heterocycles. The molecule has 0 spiro atoms. The molecule has 0 amide bonds. The van der Waals surface area contributed by atoms with Crippen LogP contribution in [-0.4, -0.2) is 18.2 Å². The minimum absolute atomic E-state index is 0.256. The molecule has 19 heavy (non-hydrogen) atoms. The Labute approximate surface area is 120 Å². The van der Waals surface area contributed by atoms with Gasteiger partial charge in [-0.15, -0.1) is 0 Å². The highest BCUT2D eigenvalue weighted by Gasteiger charge is 2.18.